The Morgan fingerprint density at radius 1 is 1.12 bits per heavy atom. The number of anilines is 2. The number of likely N-dealkylation sites (N-methyl/N-ethyl adjacent to an activating group) is 1. The summed E-state index contributed by atoms with van der Waals surface area (Å²) in [5.41, 5.74) is -2.24. The number of rotatable bonds is 5. The van der Waals surface area contributed by atoms with Gasteiger partial charge in [0.1, 0.15) is 28.0 Å². The lowest BCUT2D eigenvalue weighted by atomic mass is 10.0. The highest BCUT2D eigenvalue weighted by atomic mass is 35.5. The van der Waals surface area contributed by atoms with E-state index >= 15 is 0 Å². The van der Waals surface area contributed by atoms with Crippen molar-refractivity contribution in [2.24, 2.45) is 0 Å². The molecule has 0 aromatic carbocycles. The molecule has 1 fully saturated rings. The van der Waals surface area contributed by atoms with Crippen molar-refractivity contribution in [2.75, 3.05) is 23.4 Å². The molecule has 256 valence electrons. The van der Waals surface area contributed by atoms with Crippen LogP contribution in [0.2, 0.25) is 0 Å². The average molecular weight is 709 g/mol. The van der Waals surface area contributed by atoms with E-state index in [1.54, 1.807) is 39.0 Å². The van der Waals surface area contributed by atoms with Crippen molar-refractivity contribution in [1.82, 2.24) is 18.8 Å². The number of hydrogen-bond donors (Lipinski definition) is 0. The molecule has 4 amide bonds. The van der Waals surface area contributed by atoms with Crippen LogP contribution in [-0.4, -0.2) is 75.3 Å². The van der Waals surface area contributed by atoms with Crippen molar-refractivity contribution in [3.8, 4) is 0 Å². The maximum Gasteiger partial charge on any atom is 0.418 e. The molecule has 2 aliphatic rings. The number of carbonyl (C=O) groups is 3. The topological polar surface area (TPSA) is 135 Å². The number of nitrogens with zero attached hydrogens (tertiary/aromatic N) is 6. The van der Waals surface area contributed by atoms with E-state index in [1.165, 1.54) is 45.3 Å². The summed E-state index contributed by atoms with van der Waals surface area (Å²) >= 11 is 6.17. The van der Waals surface area contributed by atoms with Gasteiger partial charge in [-0.2, -0.15) is 13.2 Å². The minimum absolute atomic E-state index is 0.00245. The lowest BCUT2D eigenvalue weighted by Crippen LogP contribution is -2.47. The minimum atomic E-state index is -4.80. The second kappa shape index (κ2) is 11.9. The molecular formula is C31H32ClF3N6O6S. The van der Waals surface area contributed by atoms with Crippen LogP contribution in [-0.2, 0) is 25.7 Å². The molecule has 12 nitrogen and oxygen atoms in total. The number of allylic oxidation sites excluding steroid dienone is 3. The van der Waals surface area contributed by atoms with Gasteiger partial charge in [-0.3, -0.25) is 14.6 Å². The van der Waals surface area contributed by atoms with Crippen molar-refractivity contribution in [1.29, 1.82) is 0 Å². The van der Waals surface area contributed by atoms with E-state index < -0.39 is 68.5 Å². The predicted molar refractivity (Wildman–Crippen MR) is 172 cm³/mol. The Balaban J connectivity index is 1.55. The van der Waals surface area contributed by atoms with E-state index in [1.807, 2.05) is 0 Å². The third kappa shape index (κ3) is 6.38. The summed E-state index contributed by atoms with van der Waals surface area (Å²) in [7, 11) is -2.83. The van der Waals surface area contributed by atoms with Gasteiger partial charge in [-0.05, 0) is 71.0 Å². The molecule has 1 saturated heterocycles. The molecule has 3 aromatic rings. The van der Waals surface area contributed by atoms with Gasteiger partial charge in [0.25, 0.3) is 5.91 Å². The number of ether oxygens (including phenoxy) is 1. The molecule has 2 atom stereocenters. The van der Waals surface area contributed by atoms with Crippen molar-refractivity contribution >= 4 is 62.3 Å². The maximum atomic E-state index is 14.1. The standard InChI is InChI=1S/C31H32ClF3N6O6S/c1-18-14-20(31(33,34)35)15-24(36-18)41-22(17-39(27(41)43)28(44)47-29(2,3)4)26(42)38(6)23-10-9-19-11-13-40(25(19)37-23)48(45,46)30(5)12-7-8-21(32)16-30/h7-15,22H,16-17H2,1-6H3/t22-,30?/m0/s1. The summed E-state index contributed by atoms with van der Waals surface area (Å²) < 4.78 is 73.8. The Morgan fingerprint density at radius 3 is 2.44 bits per heavy atom. The Bertz CT molecular complexity index is 2000. The van der Waals surface area contributed by atoms with Gasteiger partial charge in [0, 0.05) is 35.8 Å². The van der Waals surface area contributed by atoms with Crippen molar-refractivity contribution < 1.29 is 40.7 Å². The number of imide groups is 1. The van der Waals surface area contributed by atoms with Gasteiger partial charge in [-0.15, -0.1) is 0 Å². The van der Waals surface area contributed by atoms with E-state index in [0.29, 0.717) is 26.3 Å². The fraction of sp³-hybridized carbons (Fsp3) is 0.387. The van der Waals surface area contributed by atoms with E-state index in [2.05, 4.69) is 9.97 Å². The molecule has 0 bridgehead atoms. The highest BCUT2D eigenvalue weighted by Gasteiger charge is 2.49. The first-order valence-corrected chi connectivity index (χ1v) is 16.4. The van der Waals surface area contributed by atoms with Gasteiger partial charge in [0.2, 0.25) is 10.0 Å². The lowest BCUT2D eigenvalue weighted by molar-refractivity contribution is -0.137. The molecule has 3 aromatic heterocycles. The normalized spacial score (nSPS) is 20.3. The third-order valence-electron chi connectivity index (χ3n) is 7.77. The smallest absolute Gasteiger partial charge is 0.418 e. The highest BCUT2D eigenvalue weighted by molar-refractivity contribution is 7.91. The molecule has 1 aliphatic heterocycles. The van der Waals surface area contributed by atoms with E-state index in [4.69, 9.17) is 16.3 Å². The summed E-state index contributed by atoms with van der Waals surface area (Å²) in [5, 5.41) is 0.783. The van der Waals surface area contributed by atoms with Gasteiger partial charge in [-0.1, -0.05) is 23.8 Å². The fourth-order valence-corrected chi connectivity index (χ4v) is 7.42. The van der Waals surface area contributed by atoms with Crippen LogP contribution in [0.15, 0.2) is 59.8 Å². The van der Waals surface area contributed by atoms with Crippen molar-refractivity contribution in [3.05, 3.63) is 71.0 Å². The molecule has 0 radical (unpaired) electrons. The molecule has 4 heterocycles. The summed E-state index contributed by atoms with van der Waals surface area (Å²) in [6.07, 6.45) is 0.118. The number of urea groups is 1. The summed E-state index contributed by atoms with van der Waals surface area (Å²) in [4.78, 5) is 51.7. The zero-order chi connectivity index (χ0) is 35.6. The molecule has 0 N–H and O–H groups in total. The largest absolute Gasteiger partial charge is 0.443 e. The minimum Gasteiger partial charge on any atom is -0.443 e. The number of fused-ring (bicyclic) bond motifs is 1. The van der Waals surface area contributed by atoms with Crippen LogP contribution in [0.4, 0.5) is 34.4 Å². The number of amides is 4. The van der Waals surface area contributed by atoms with Gasteiger partial charge < -0.3 is 4.74 Å². The Labute approximate surface area is 279 Å². The van der Waals surface area contributed by atoms with Crippen LogP contribution in [0.5, 0.6) is 0 Å². The zero-order valence-electron chi connectivity index (χ0n) is 26.7. The monoisotopic (exact) mass is 708 g/mol. The van der Waals surface area contributed by atoms with E-state index in [-0.39, 0.29) is 23.6 Å². The second-order valence-corrected chi connectivity index (χ2v) is 15.4. The van der Waals surface area contributed by atoms with Crippen LogP contribution in [0.3, 0.4) is 0 Å². The van der Waals surface area contributed by atoms with Gasteiger partial charge in [0.15, 0.2) is 5.65 Å². The Kier molecular flexibility index (Phi) is 8.66. The summed E-state index contributed by atoms with van der Waals surface area (Å²) in [6.45, 7) is 6.91. The fourth-order valence-electron chi connectivity index (χ4n) is 5.35. The van der Waals surface area contributed by atoms with Crippen LogP contribution < -0.4 is 9.80 Å². The molecule has 0 spiro atoms. The molecule has 5 rings (SSSR count). The highest BCUT2D eigenvalue weighted by Crippen LogP contribution is 2.37. The van der Waals surface area contributed by atoms with Crippen LogP contribution in [0.25, 0.3) is 11.0 Å². The third-order valence-corrected chi connectivity index (χ3v) is 10.3. The SMILES string of the molecule is Cc1cc(C(F)(F)F)cc(N2C(=O)N(C(=O)OC(C)(C)C)C[C@H]2C(=O)N(C)c2ccc3ccn(S(=O)(=O)C4(C)C=CC=C(Cl)C4)c3n2)n1. The molecule has 1 unspecified atom stereocenters. The lowest BCUT2D eigenvalue weighted by Gasteiger charge is -2.28. The number of halogens is 4. The second-order valence-electron chi connectivity index (χ2n) is 12.7. The Hall–Kier alpha value is -4.44. The maximum absolute atomic E-state index is 14.1. The van der Waals surface area contributed by atoms with Crippen LogP contribution in [0.1, 0.15) is 45.4 Å². The molecule has 48 heavy (non-hydrogen) atoms. The van der Waals surface area contributed by atoms with E-state index in [9.17, 15) is 36.0 Å². The quantitative estimate of drug-likeness (QED) is 0.316. The number of carbonyl (C=O) groups excluding carboxylic acids is 3. The van der Waals surface area contributed by atoms with Gasteiger partial charge in [-0.25, -0.2) is 36.8 Å². The van der Waals surface area contributed by atoms with Crippen LogP contribution >= 0.6 is 11.6 Å². The first-order chi connectivity index (χ1) is 22.1. The molecular weight excluding hydrogens is 677 g/mol. The van der Waals surface area contributed by atoms with Crippen LogP contribution in [0, 0.1) is 6.92 Å². The first kappa shape index (κ1) is 34.9. The first-order valence-electron chi connectivity index (χ1n) is 14.6. The predicted octanol–water partition coefficient (Wildman–Crippen LogP) is 5.99. The molecule has 1 aliphatic carbocycles. The summed E-state index contributed by atoms with van der Waals surface area (Å²) in [5.74, 6) is -1.39. The number of hydrogen-bond acceptors (Lipinski definition) is 8. The number of aryl methyl sites for hydroxylation is 1. The summed E-state index contributed by atoms with van der Waals surface area (Å²) in [6, 6.07) is 3.25. The molecule has 0 saturated carbocycles. The number of pyridine rings is 2. The average Bonchev–Trinajstić information content (AvgIpc) is 3.55. The molecule has 17 heteroatoms. The number of alkyl halides is 3. The van der Waals surface area contributed by atoms with Crippen molar-refractivity contribution in [3.63, 3.8) is 0 Å². The van der Waals surface area contributed by atoms with Gasteiger partial charge >= 0.3 is 18.3 Å². The van der Waals surface area contributed by atoms with E-state index in [0.717, 1.165) is 14.9 Å². The van der Waals surface area contributed by atoms with Gasteiger partial charge in [0.05, 0.1) is 12.1 Å². The number of aromatic nitrogens is 3. The Morgan fingerprint density at radius 2 is 1.81 bits per heavy atom. The zero-order valence-corrected chi connectivity index (χ0v) is 28.3. The van der Waals surface area contributed by atoms with Crippen molar-refractivity contribution in [2.45, 2.75) is 63.6 Å².